The summed E-state index contributed by atoms with van der Waals surface area (Å²) in [7, 11) is 3.45. The molecule has 0 bridgehead atoms. The van der Waals surface area contributed by atoms with Crippen LogP contribution in [0.3, 0.4) is 0 Å². The fourth-order valence-electron chi connectivity index (χ4n) is 1.64. The molecule has 5 nitrogen and oxygen atoms in total. The van der Waals surface area contributed by atoms with Gasteiger partial charge in [-0.25, -0.2) is 0 Å². The molecular formula is C12H24N2O3. The number of hydrogen-bond acceptors (Lipinski definition) is 4. The first-order chi connectivity index (χ1) is 7.96. The fourth-order valence-corrected chi connectivity index (χ4v) is 1.64. The number of likely N-dealkylation sites (N-methyl/N-ethyl adjacent to an activating group) is 1. The van der Waals surface area contributed by atoms with E-state index in [0.29, 0.717) is 25.6 Å². The minimum Gasteiger partial charge on any atom is -0.389 e. The molecule has 1 atom stereocenters. The Hall–Kier alpha value is -0.650. The zero-order valence-corrected chi connectivity index (χ0v) is 11.0. The zero-order chi connectivity index (χ0) is 12.9. The number of rotatable bonds is 8. The van der Waals surface area contributed by atoms with Crippen LogP contribution in [0.5, 0.6) is 0 Å². The summed E-state index contributed by atoms with van der Waals surface area (Å²) < 4.78 is 4.92. The standard InChI is InChI=1S/C12H24N2O3/c1-12(16,6-7-17-3)9-13-8-11(15)14(2)10-4-5-10/h10,13,16H,4-9H2,1-3H3. The smallest absolute Gasteiger partial charge is 0.236 e. The van der Waals surface area contributed by atoms with Crippen molar-refractivity contribution in [2.75, 3.05) is 33.9 Å². The second-order valence-corrected chi connectivity index (χ2v) is 5.08. The Morgan fingerprint density at radius 2 is 2.24 bits per heavy atom. The van der Waals surface area contributed by atoms with Gasteiger partial charge in [-0.15, -0.1) is 0 Å². The molecule has 0 saturated heterocycles. The molecule has 0 heterocycles. The van der Waals surface area contributed by atoms with Gasteiger partial charge >= 0.3 is 0 Å². The molecule has 0 aliphatic heterocycles. The highest BCUT2D eigenvalue weighted by Gasteiger charge is 2.29. The summed E-state index contributed by atoms with van der Waals surface area (Å²) in [5.74, 6) is 0.0926. The van der Waals surface area contributed by atoms with Gasteiger partial charge in [-0.3, -0.25) is 4.79 Å². The molecule has 2 N–H and O–H groups in total. The number of carbonyl (C=O) groups is 1. The number of aliphatic hydroxyl groups is 1. The van der Waals surface area contributed by atoms with Crippen LogP contribution >= 0.6 is 0 Å². The van der Waals surface area contributed by atoms with Gasteiger partial charge in [0.15, 0.2) is 0 Å². The van der Waals surface area contributed by atoms with Gasteiger partial charge in [-0.05, 0) is 19.8 Å². The number of nitrogens with one attached hydrogen (secondary N) is 1. The highest BCUT2D eigenvalue weighted by molar-refractivity contribution is 5.78. The van der Waals surface area contributed by atoms with Crippen molar-refractivity contribution in [2.24, 2.45) is 0 Å². The van der Waals surface area contributed by atoms with E-state index in [0.717, 1.165) is 12.8 Å². The first kappa shape index (κ1) is 14.4. The molecular weight excluding hydrogens is 220 g/mol. The molecule has 1 aliphatic rings. The minimum atomic E-state index is -0.825. The molecule has 17 heavy (non-hydrogen) atoms. The lowest BCUT2D eigenvalue weighted by Gasteiger charge is -2.24. The number of ether oxygens (including phenoxy) is 1. The molecule has 1 rings (SSSR count). The third kappa shape index (κ3) is 5.48. The van der Waals surface area contributed by atoms with E-state index in [1.165, 1.54) is 0 Å². The third-order valence-electron chi connectivity index (χ3n) is 3.11. The first-order valence-corrected chi connectivity index (χ1v) is 6.14. The van der Waals surface area contributed by atoms with Crippen LogP contribution in [-0.2, 0) is 9.53 Å². The van der Waals surface area contributed by atoms with E-state index in [-0.39, 0.29) is 12.5 Å². The topological polar surface area (TPSA) is 61.8 Å². The van der Waals surface area contributed by atoms with E-state index in [4.69, 9.17) is 4.74 Å². The van der Waals surface area contributed by atoms with Crippen LogP contribution in [0.2, 0.25) is 0 Å². The van der Waals surface area contributed by atoms with Crippen molar-refractivity contribution < 1.29 is 14.6 Å². The van der Waals surface area contributed by atoms with E-state index < -0.39 is 5.60 Å². The van der Waals surface area contributed by atoms with Crippen molar-refractivity contribution in [1.82, 2.24) is 10.2 Å². The number of hydrogen-bond donors (Lipinski definition) is 2. The van der Waals surface area contributed by atoms with Crippen molar-refractivity contribution in [3.63, 3.8) is 0 Å². The Balaban J connectivity index is 2.15. The quantitative estimate of drug-likeness (QED) is 0.630. The Labute approximate surface area is 103 Å². The SMILES string of the molecule is COCCC(C)(O)CNCC(=O)N(C)C1CC1. The van der Waals surface area contributed by atoms with Gasteiger partial charge in [0.2, 0.25) is 5.91 Å². The average Bonchev–Trinajstić information content (AvgIpc) is 3.09. The predicted octanol–water partition coefficient (Wildman–Crippen LogP) is -0.0157. The molecule has 5 heteroatoms. The number of carbonyl (C=O) groups excluding carboxylic acids is 1. The van der Waals surface area contributed by atoms with Crippen molar-refractivity contribution in [1.29, 1.82) is 0 Å². The molecule has 0 aromatic rings. The lowest BCUT2D eigenvalue weighted by atomic mass is 10.0. The molecule has 1 fully saturated rings. The molecule has 0 aromatic heterocycles. The van der Waals surface area contributed by atoms with Gasteiger partial charge in [-0.2, -0.15) is 0 Å². The van der Waals surface area contributed by atoms with Crippen molar-refractivity contribution >= 4 is 5.91 Å². The van der Waals surface area contributed by atoms with Gasteiger partial charge in [0, 0.05) is 39.8 Å². The van der Waals surface area contributed by atoms with Gasteiger partial charge in [-0.1, -0.05) is 0 Å². The summed E-state index contributed by atoms with van der Waals surface area (Å²) in [5.41, 5.74) is -0.825. The summed E-state index contributed by atoms with van der Waals surface area (Å²) in [6.07, 6.45) is 2.80. The third-order valence-corrected chi connectivity index (χ3v) is 3.11. The Morgan fingerprint density at radius 1 is 1.59 bits per heavy atom. The predicted molar refractivity (Wildman–Crippen MR) is 65.8 cm³/mol. The fraction of sp³-hybridized carbons (Fsp3) is 0.917. The lowest BCUT2D eigenvalue weighted by molar-refractivity contribution is -0.129. The first-order valence-electron chi connectivity index (χ1n) is 6.14. The summed E-state index contributed by atoms with van der Waals surface area (Å²) >= 11 is 0. The number of methoxy groups -OCH3 is 1. The number of amides is 1. The van der Waals surface area contributed by atoms with Gasteiger partial charge < -0.3 is 20.1 Å². The monoisotopic (exact) mass is 244 g/mol. The van der Waals surface area contributed by atoms with Crippen molar-refractivity contribution in [3.8, 4) is 0 Å². The van der Waals surface area contributed by atoms with Crippen LogP contribution in [0.25, 0.3) is 0 Å². The van der Waals surface area contributed by atoms with Crippen LogP contribution < -0.4 is 5.32 Å². The number of nitrogens with zero attached hydrogens (tertiary/aromatic N) is 1. The van der Waals surface area contributed by atoms with Crippen molar-refractivity contribution in [3.05, 3.63) is 0 Å². The molecule has 0 radical (unpaired) electrons. The Morgan fingerprint density at radius 3 is 2.76 bits per heavy atom. The second kappa shape index (κ2) is 6.33. The zero-order valence-electron chi connectivity index (χ0n) is 11.0. The molecule has 0 aromatic carbocycles. The van der Waals surface area contributed by atoms with Gasteiger partial charge in [0.1, 0.15) is 0 Å². The van der Waals surface area contributed by atoms with E-state index >= 15 is 0 Å². The average molecular weight is 244 g/mol. The Bertz CT molecular complexity index is 252. The maximum absolute atomic E-state index is 11.7. The van der Waals surface area contributed by atoms with Crippen LogP contribution in [0.4, 0.5) is 0 Å². The largest absolute Gasteiger partial charge is 0.389 e. The van der Waals surface area contributed by atoms with E-state index in [9.17, 15) is 9.90 Å². The van der Waals surface area contributed by atoms with Gasteiger partial charge in [0.05, 0.1) is 12.1 Å². The van der Waals surface area contributed by atoms with Crippen LogP contribution in [0, 0.1) is 0 Å². The van der Waals surface area contributed by atoms with Crippen molar-refractivity contribution in [2.45, 2.75) is 37.8 Å². The van der Waals surface area contributed by atoms with Crippen LogP contribution in [0.1, 0.15) is 26.2 Å². The highest BCUT2D eigenvalue weighted by atomic mass is 16.5. The van der Waals surface area contributed by atoms with E-state index in [1.54, 1.807) is 18.9 Å². The summed E-state index contributed by atoms with van der Waals surface area (Å²) in [4.78, 5) is 13.5. The van der Waals surface area contributed by atoms with Gasteiger partial charge in [0.25, 0.3) is 0 Å². The summed E-state index contributed by atoms with van der Waals surface area (Å²) in [6.45, 7) is 2.95. The molecule has 0 spiro atoms. The minimum absolute atomic E-state index is 0.0926. The maximum atomic E-state index is 11.7. The van der Waals surface area contributed by atoms with Crippen LogP contribution in [0.15, 0.2) is 0 Å². The molecule has 1 amide bonds. The van der Waals surface area contributed by atoms with E-state index in [2.05, 4.69) is 5.32 Å². The summed E-state index contributed by atoms with van der Waals surface area (Å²) in [5, 5.41) is 13.0. The highest BCUT2D eigenvalue weighted by Crippen LogP contribution is 2.25. The molecule has 100 valence electrons. The van der Waals surface area contributed by atoms with Crippen LogP contribution in [-0.4, -0.2) is 61.4 Å². The second-order valence-electron chi connectivity index (χ2n) is 5.08. The van der Waals surface area contributed by atoms with E-state index in [1.807, 2.05) is 7.05 Å². The molecule has 1 aliphatic carbocycles. The normalized spacial score (nSPS) is 18.8. The maximum Gasteiger partial charge on any atom is 0.236 e. The summed E-state index contributed by atoms with van der Waals surface area (Å²) in [6, 6.07) is 0.443. The molecule has 1 saturated carbocycles. The Kier molecular flexibility index (Phi) is 5.36. The lowest BCUT2D eigenvalue weighted by Crippen LogP contribution is -2.43. The molecule has 1 unspecified atom stereocenters.